The molecule has 1 amide bonds. The van der Waals surface area contributed by atoms with Crippen molar-refractivity contribution in [2.75, 3.05) is 42.0 Å². The molecule has 0 unspecified atom stereocenters. The number of aromatic hydroxyl groups is 2. The third kappa shape index (κ3) is 4.29. The van der Waals surface area contributed by atoms with Crippen molar-refractivity contribution >= 4 is 5.91 Å². The molecule has 1 saturated heterocycles. The Morgan fingerprint density at radius 1 is 0.956 bits per heavy atom. The Bertz CT molecular complexity index is 1700. The van der Waals surface area contributed by atoms with Gasteiger partial charge in [0.2, 0.25) is 0 Å². The molecule has 0 radical (unpaired) electrons. The first-order valence-corrected chi connectivity index (χ1v) is 14.8. The van der Waals surface area contributed by atoms with Gasteiger partial charge < -0.3 is 38.9 Å². The topological polar surface area (TPSA) is 150 Å². The minimum atomic E-state index is -0.664. The SMILES string of the molecule is COc1c(C)c(OC)c2c(c1O)[C@@H]1[C@@H]3Cc4c(OC)c(C)c(OC)c(O)c4[C@H](CNC(=O)c4ccco4)N3[C@@H](C#N)[C@H](C2)N1C. The lowest BCUT2D eigenvalue weighted by atomic mass is 9.71. The molecule has 12 nitrogen and oxygen atoms in total. The second-order valence-electron chi connectivity index (χ2n) is 11.7. The molecule has 3 aliphatic heterocycles. The van der Waals surface area contributed by atoms with E-state index in [4.69, 9.17) is 23.4 Å². The van der Waals surface area contributed by atoms with Gasteiger partial charge in [-0.2, -0.15) is 5.26 Å². The molecule has 45 heavy (non-hydrogen) atoms. The maximum Gasteiger partial charge on any atom is 0.287 e. The lowest BCUT2D eigenvalue weighted by molar-refractivity contribution is -0.0725. The normalized spacial score (nSPS) is 23.6. The number of likely N-dealkylation sites (N-methyl/N-ethyl adjacent to an activating group) is 1. The van der Waals surface area contributed by atoms with Gasteiger partial charge in [-0.1, -0.05) is 0 Å². The summed E-state index contributed by atoms with van der Waals surface area (Å²) in [7, 11) is 8.13. The van der Waals surface area contributed by atoms with E-state index in [0.29, 0.717) is 52.3 Å². The van der Waals surface area contributed by atoms with Gasteiger partial charge in [0.15, 0.2) is 28.8 Å². The average molecular weight is 619 g/mol. The first-order chi connectivity index (χ1) is 21.6. The number of fused-ring (bicyclic) bond motifs is 7. The molecule has 1 aromatic heterocycles. The van der Waals surface area contributed by atoms with Crippen LogP contribution >= 0.6 is 0 Å². The van der Waals surface area contributed by atoms with Crippen LogP contribution in [0, 0.1) is 25.2 Å². The van der Waals surface area contributed by atoms with E-state index >= 15 is 0 Å². The van der Waals surface area contributed by atoms with Crippen molar-refractivity contribution in [1.29, 1.82) is 5.26 Å². The van der Waals surface area contributed by atoms with Gasteiger partial charge in [-0.25, -0.2) is 0 Å². The molecule has 4 heterocycles. The third-order valence-corrected chi connectivity index (χ3v) is 9.86. The fourth-order valence-electron chi connectivity index (χ4n) is 8.10. The highest BCUT2D eigenvalue weighted by Gasteiger charge is 2.57. The van der Waals surface area contributed by atoms with Gasteiger partial charge in [0, 0.05) is 52.0 Å². The van der Waals surface area contributed by atoms with Crippen LogP contribution in [-0.4, -0.2) is 86.1 Å². The summed E-state index contributed by atoms with van der Waals surface area (Å²) in [6, 6.07) is 3.34. The Kier molecular flexibility index (Phi) is 7.71. The van der Waals surface area contributed by atoms with Crippen molar-refractivity contribution in [2.45, 2.75) is 56.9 Å². The van der Waals surface area contributed by atoms with Gasteiger partial charge in [-0.3, -0.25) is 14.6 Å². The zero-order valence-corrected chi connectivity index (χ0v) is 26.4. The number of carbonyl (C=O) groups is 1. The quantitative estimate of drug-likeness (QED) is 0.357. The molecule has 0 saturated carbocycles. The first kappa shape index (κ1) is 30.4. The second kappa shape index (κ2) is 11.4. The van der Waals surface area contributed by atoms with Crippen LogP contribution in [0.2, 0.25) is 0 Å². The summed E-state index contributed by atoms with van der Waals surface area (Å²) in [5.74, 6) is 1.47. The zero-order chi connectivity index (χ0) is 32.3. The van der Waals surface area contributed by atoms with Crippen LogP contribution in [0.3, 0.4) is 0 Å². The van der Waals surface area contributed by atoms with Crippen LogP contribution in [0.4, 0.5) is 0 Å². The molecule has 1 fully saturated rings. The van der Waals surface area contributed by atoms with Crippen molar-refractivity contribution in [1.82, 2.24) is 15.1 Å². The van der Waals surface area contributed by atoms with Crippen LogP contribution in [0.25, 0.3) is 0 Å². The zero-order valence-electron chi connectivity index (χ0n) is 26.4. The number of phenolic OH excluding ortho intramolecular Hbond substituents is 2. The number of methoxy groups -OCH3 is 4. The molecule has 5 atom stereocenters. The molecule has 3 N–H and O–H groups in total. The van der Waals surface area contributed by atoms with Crippen molar-refractivity contribution in [3.8, 4) is 40.6 Å². The minimum absolute atomic E-state index is 0.0330. The summed E-state index contributed by atoms with van der Waals surface area (Å²) in [4.78, 5) is 17.3. The smallest absolute Gasteiger partial charge is 0.287 e. The second-order valence-corrected chi connectivity index (χ2v) is 11.7. The van der Waals surface area contributed by atoms with E-state index in [1.54, 1.807) is 26.4 Å². The lowest BCUT2D eigenvalue weighted by Gasteiger charge is -2.60. The highest BCUT2D eigenvalue weighted by atomic mass is 16.5. The number of furan rings is 1. The predicted octanol–water partition coefficient (Wildman–Crippen LogP) is 3.54. The van der Waals surface area contributed by atoms with E-state index in [1.807, 2.05) is 20.9 Å². The van der Waals surface area contributed by atoms with Crippen molar-refractivity contribution in [3.63, 3.8) is 0 Å². The number of phenols is 2. The van der Waals surface area contributed by atoms with Crippen molar-refractivity contribution in [2.24, 2.45) is 0 Å². The molecule has 3 aliphatic rings. The van der Waals surface area contributed by atoms with Gasteiger partial charge >= 0.3 is 0 Å². The Morgan fingerprint density at radius 2 is 1.51 bits per heavy atom. The Morgan fingerprint density at radius 3 is 2.04 bits per heavy atom. The van der Waals surface area contributed by atoms with Gasteiger partial charge in [0.1, 0.15) is 17.5 Å². The number of ether oxygens (including phenoxy) is 4. The molecule has 6 rings (SSSR count). The summed E-state index contributed by atoms with van der Waals surface area (Å²) in [6.07, 6.45) is 2.22. The number of benzene rings is 2. The average Bonchev–Trinajstić information content (AvgIpc) is 3.56. The molecule has 2 bridgehead atoms. The molecular formula is C33H38N4O8. The maximum atomic E-state index is 13.1. The number of carbonyl (C=O) groups excluding carboxylic acids is 1. The number of hydrogen-bond acceptors (Lipinski definition) is 11. The van der Waals surface area contributed by atoms with E-state index in [2.05, 4.69) is 21.2 Å². The fraction of sp³-hybridized carbons (Fsp3) is 0.455. The first-order valence-electron chi connectivity index (χ1n) is 14.8. The largest absolute Gasteiger partial charge is 0.504 e. The molecule has 0 aliphatic carbocycles. The van der Waals surface area contributed by atoms with E-state index in [0.717, 1.165) is 11.1 Å². The van der Waals surface area contributed by atoms with E-state index in [9.17, 15) is 20.3 Å². The van der Waals surface area contributed by atoms with E-state index in [-0.39, 0.29) is 35.6 Å². The fourth-order valence-corrected chi connectivity index (χ4v) is 8.10. The number of nitriles is 1. The summed E-state index contributed by atoms with van der Waals surface area (Å²) < 4.78 is 28.5. The summed E-state index contributed by atoms with van der Waals surface area (Å²) in [5.41, 5.74) is 4.11. The van der Waals surface area contributed by atoms with Crippen molar-refractivity contribution in [3.05, 3.63) is 57.5 Å². The minimum Gasteiger partial charge on any atom is -0.504 e. The molecule has 238 valence electrons. The van der Waals surface area contributed by atoms with E-state index in [1.165, 1.54) is 20.5 Å². The van der Waals surface area contributed by atoms with Gasteiger partial charge in [0.05, 0.1) is 52.9 Å². The standard InChI is InChI=1S/C33H38N4O8/c1-15-29(41-4)17-12-20-26-25-18(30(42-5)16(2)32(44-7)28(25)39)11-19(36(26)3)21(13-34)37(20)22(24(17)27(38)31(15)43-6)14-35-33(40)23-9-8-10-45-23/h8-10,19-22,26,38-39H,11-12,14H2,1-7H3,(H,35,40)/t19-,20-,21-,22-,26-/m0/s1. The Hall–Kier alpha value is -4.60. The molecular weight excluding hydrogens is 580 g/mol. The van der Waals surface area contributed by atoms with E-state index < -0.39 is 30.1 Å². The third-order valence-electron chi connectivity index (χ3n) is 9.86. The van der Waals surface area contributed by atoms with Crippen LogP contribution < -0.4 is 24.3 Å². The van der Waals surface area contributed by atoms with Crippen molar-refractivity contribution < 1.29 is 38.4 Å². The predicted molar refractivity (Wildman–Crippen MR) is 162 cm³/mol. The lowest BCUT2D eigenvalue weighted by Crippen LogP contribution is -2.68. The van der Waals surface area contributed by atoms with Gasteiger partial charge in [-0.05, 0) is 45.9 Å². The Balaban J connectivity index is 1.60. The van der Waals surface area contributed by atoms with Gasteiger partial charge in [-0.15, -0.1) is 0 Å². The van der Waals surface area contributed by atoms with Crippen LogP contribution in [0.1, 0.15) is 56.0 Å². The Labute approximate surface area is 261 Å². The highest BCUT2D eigenvalue weighted by molar-refractivity contribution is 5.91. The molecule has 0 spiro atoms. The summed E-state index contributed by atoms with van der Waals surface area (Å²) >= 11 is 0. The van der Waals surface area contributed by atoms with Crippen LogP contribution in [0.5, 0.6) is 34.5 Å². The van der Waals surface area contributed by atoms with Crippen LogP contribution in [-0.2, 0) is 12.8 Å². The molecule has 12 heteroatoms. The number of nitrogens with one attached hydrogen (secondary N) is 1. The monoisotopic (exact) mass is 618 g/mol. The number of hydrogen-bond donors (Lipinski definition) is 3. The summed E-state index contributed by atoms with van der Waals surface area (Å²) in [5, 5.41) is 37.2. The number of rotatable bonds is 7. The molecule has 3 aromatic rings. The highest BCUT2D eigenvalue weighted by Crippen LogP contribution is 2.58. The van der Waals surface area contributed by atoms with Gasteiger partial charge in [0.25, 0.3) is 5.91 Å². The number of amides is 1. The summed E-state index contributed by atoms with van der Waals surface area (Å²) in [6.45, 7) is 3.71. The molecule has 2 aromatic carbocycles. The maximum absolute atomic E-state index is 13.1. The number of piperazine rings is 1. The van der Waals surface area contributed by atoms with Crippen LogP contribution in [0.15, 0.2) is 22.8 Å². The number of nitrogens with zero attached hydrogens (tertiary/aromatic N) is 3.